The second-order valence-corrected chi connectivity index (χ2v) is 5.15. The fourth-order valence-corrected chi connectivity index (χ4v) is 2.79. The van der Waals surface area contributed by atoms with Crippen molar-refractivity contribution in [2.45, 2.75) is 18.9 Å². The molecule has 0 aliphatic carbocycles. The van der Waals surface area contributed by atoms with E-state index in [0.29, 0.717) is 18.7 Å². The number of carboxylic acids is 1. The lowest BCUT2D eigenvalue weighted by molar-refractivity contribution is -0.141. The lowest BCUT2D eigenvalue weighted by atomic mass is 10.1. The summed E-state index contributed by atoms with van der Waals surface area (Å²) in [5, 5.41) is 14.0. The van der Waals surface area contributed by atoms with Crippen LogP contribution in [0, 0.1) is 0 Å². The van der Waals surface area contributed by atoms with Crippen molar-refractivity contribution in [1.82, 2.24) is 4.90 Å². The number of nitrogens with zero attached hydrogens (tertiary/aromatic N) is 1. The second kappa shape index (κ2) is 5.44. The van der Waals surface area contributed by atoms with Crippen molar-refractivity contribution in [3.63, 3.8) is 0 Å². The molecule has 21 heavy (non-hydrogen) atoms. The number of carboxylic acid groups (broad SMARTS) is 1. The molecule has 1 saturated heterocycles. The van der Waals surface area contributed by atoms with E-state index >= 15 is 0 Å². The van der Waals surface area contributed by atoms with Crippen molar-refractivity contribution in [2.75, 3.05) is 11.9 Å². The third-order valence-corrected chi connectivity index (χ3v) is 3.83. The van der Waals surface area contributed by atoms with Crippen molar-refractivity contribution < 1.29 is 14.7 Å². The molecule has 5 nitrogen and oxygen atoms in total. The van der Waals surface area contributed by atoms with Gasteiger partial charge in [-0.25, -0.2) is 9.59 Å². The molecule has 2 N–H and O–H groups in total. The monoisotopic (exact) mass is 284 g/mol. The number of urea groups is 1. The van der Waals surface area contributed by atoms with Crippen LogP contribution < -0.4 is 5.32 Å². The summed E-state index contributed by atoms with van der Waals surface area (Å²) in [6.45, 7) is 0.480. The molecule has 0 aromatic heterocycles. The van der Waals surface area contributed by atoms with Gasteiger partial charge in [-0.3, -0.25) is 0 Å². The summed E-state index contributed by atoms with van der Waals surface area (Å²) in [6.07, 6.45) is 1.23. The van der Waals surface area contributed by atoms with E-state index in [-0.39, 0.29) is 6.03 Å². The Balaban J connectivity index is 1.85. The van der Waals surface area contributed by atoms with Gasteiger partial charge in [-0.15, -0.1) is 0 Å². The van der Waals surface area contributed by atoms with Crippen molar-refractivity contribution >= 4 is 28.5 Å². The van der Waals surface area contributed by atoms with Gasteiger partial charge in [0.05, 0.1) is 5.69 Å². The number of nitrogens with one attached hydrogen (secondary N) is 1. The Morgan fingerprint density at radius 3 is 2.71 bits per heavy atom. The minimum absolute atomic E-state index is 0.351. The number of aliphatic carboxylic acids is 1. The maximum Gasteiger partial charge on any atom is 0.326 e. The zero-order valence-corrected chi connectivity index (χ0v) is 11.5. The van der Waals surface area contributed by atoms with E-state index in [1.165, 1.54) is 4.90 Å². The van der Waals surface area contributed by atoms with Gasteiger partial charge in [0.25, 0.3) is 0 Å². The maximum atomic E-state index is 12.3. The van der Waals surface area contributed by atoms with Gasteiger partial charge in [-0.2, -0.15) is 0 Å². The predicted molar refractivity (Wildman–Crippen MR) is 80.3 cm³/mol. The lowest BCUT2D eigenvalue weighted by Crippen LogP contribution is -2.42. The standard InChI is InChI=1S/C16H16N2O3/c19-15(20)14-9-4-10-18(14)16(21)17-13-8-3-6-11-5-1-2-7-12(11)13/h1-3,5-8,14H,4,9-10H2,(H,17,21)(H,19,20)/t14-/m0/s1. The predicted octanol–water partition coefficient (Wildman–Crippen LogP) is 2.92. The van der Waals surface area contributed by atoms with E-state index in [1.54, 1.807) is 0 Å². The molecule has 1 atom stereocenters. The molecule has 0 radical (unpaired) electrons. The van der Waals surface area contributed by atoms with Gasteiger partial charge < -0.3 is 15.3 Å². The first-order valence-electron chi connectivity index (χ1n) is 6.95. The van der Waals surface area contributed by atoms with Crippen LogP contribution in [0.4, 0.5) is 10.5 Å². The summed E-state index contributed by atoms with van der Waals surface area (Å²) >= 11 is 0. The van der Waals surface area contributed by atoms with E-state index in [9.17, 15) is 9.59 Å². The zero-order chi connectivity index (χ0) is 14.8. The highest BCUT2D eigenvalue weighted by molar-refractivity contribution is 6.02. The first-order valence-corrected chi connectivity index (χ1v) is 6.95. The van der Waals surface area contributed by atoms with E-state index in [2.05, 4.69) is 5.32 Å². The molecule has 2 aromatic carbocycles. The highest BCUT2D eigenvalue weighted by Gasteiger charge is 2.34. The molecule has 108 valence electrons. The molecule has 5 heteroatoms. The minimum Gasteiger partial charge on any atom is -0.480 e. The summed E-state index contributed by atoms with van der Waals surface area (Å²) in [5.74, 6) is -0.944. The molecule has 0 unspecified atom stereocenters. The first-order chi connectivity index (χ1) is 10.2. The van der Waals surface area contributed by atoms with Crippen molar-refractivity contribution in [3.05, 3.63) is 42.5 Å². The summed E-state index contributed by atoms with van der Waals surface area (Å²) in [4.78, 5) is 24.9. The summed E-state index contributed by atoms with van der Waals surface area (Å²) in [6, 6.07) is 12.4. The largest absolute Gasteiger partial charge is 0.480 e. The van der Waals surface area contributed by atoms with Crippen LogP contribution in [0.15, 0.2) is 42.5 Å². The number of likely N-dealkylation sites (tertiary alicyclic amines) is 1. The van der Waals surface area contributed by atoms with Gasteiger partial charge in [0.1, 0.15) is 6.04 Å². The normalized spacial score (nSPS) is 17.9. The van der Waals surface area contributed by atoms with Crippen LogP contribution >= 0.6 is 0 Å². The zero-order valence-electron chi connectivity index (χ0n) is 11.5. The van der Waals surface area contributed by atoms with Crippen molar-refractivity contribution in [2.24, 2.45) is 0 Å². The maximum absolute atomic E-state index is 12.3. The molecular formula is C16H16N2O3. The van der Waals surface area contributed by atoms with Crippen molar-refractivity contribution in [1.29, 1.82) is 0 Å². The molecule has 1 aliphatic rings. The van der Waals surface area contributed by atoms with Gasteiger partial charge >= 0.3 is 12.0 Å². The molecule has 3 rings (SSSR count). The number of benzene rings is 2. The highest BCUT2D eigenvalue weighted by Crippen LogP contribution is 2.25. The Hall–Kier alpha value is -2.56. The van der Waals surface area contributed by atoms with Crippen LogP contribution in [0.1, 0.15) is 12.8 Å². The SMILES string of the molecule is O=C(O)[C@@H]1CCCN1C(=O)Nc1cccc2ccccc12. The fraction of sp³-hybridized carbons (Fsp3) is 0.250. The van der Waals surface area contributed by atoms with Crippen LogP contribution in [0.2, 0.25) is 0 Å². The number of fused-ring (bicyclic) bond motifs is 1. The Labute approximate surface area is 122 Å². The van der Waals surface area contributed by atoms with Gasteiger partial charge in [0.2, 0.25) is 0 Å². The Bertz CT molecular complexity index is 693. The van der Waals surface area contributed by atoms with E-state index < -0.39 is 12.0 Å². The van der Waals surface area contributed by atoms with Crippen LogP contribution in [-0.2, 0) is 4.79 Å². The molecule has 1 aliphatic heterocycles. The van der Waals surface area contributed by atoms with Crippen LogP contribution in [-0.4, -0.2) is 34.6 Å². The summed E-state index contributed by atoms with van der Waals surface area (Å²) < 4.78 is 0. The molecular weight excluding hydrogens is 268 g/mol. The summed E-state index contributed by atoms with van der Waals surface area (Å²) in [7, 11) is 0. The highest BCUT2D eigenvalue weighted by atomic mass is 16.4. The Morgan fingerprint density at radius 1 is 1.14 bits per heavy atom. The van der Waals surface area contributed by atoms with E-state index in [4.69, 9.17) is 5.11 Å². The average molecular weight is 284 g/mol. The van der Waals surface area contributed by atoms with Gasteiger partial charge in [0.15, 0.2) is 0 Å². The number of amides is 2. The van der Waals surface area contributed by atoms with E-state index in [1.807, 2.05) is 42.5 Å². The number of hydrogen-bond acceptors (Lipinski definition) is 2. The first kappa shape index (κ1) is 13.4. The summed E-state index contributed by atoms with van der Waals surface area (Å²) in [5.41, 5.74) is 0.703. The number of hydrogen-bond donors (Lipinski definition) is 2. The van der Waals surface area contributed by atoms with Crippen LogP contribution in [0.25, 0.3) is 10.8 Å². The number of carbonyl (C=O) groups excluding carboxylic acids is 1. The molecule has 0 bridgehead atoms. The number of anilines is 1. The number of carbonyl (C=O) groups is 2. The molecule has 1 fully saturated rings. The van der Waals surface area contributed by atoms with Gasteiger partial charge in [-0.05, 0) is 24.3 Å². The van der Waals surface area contributed by atoms with Crippen molar-refractivity contribution in [3.8, 4) is 0 Å². The fourth-order valence-electron chi connectivity index (χ4n) is 2.79. The molecule has 1 heterocycles. The van der Waals surface area contributed by atoms with Gasteiger partial charge in [0, 0.05) is 11.9 Å². The Morgan fingerprint density at radius 2 is 1.90 bits per heavy atom. The number of rotatable bonds is 2. The van der Waals surface area contributed by atoms with Gasteiger partial charge in [-0.1, -0.05) is 36.4 Å². The molecule has 2 amide bonds. The van der Waals surface area contributed by atoms with Crippen LogP contribution in [0.5, 0.6) is 0 Å². The third-order valence-electron chi connectivity index (χ3n) is 3.83. The Kier molecular flexibility index (Phi) is 3.48. The molecule has 0 saturated carbocycles. The molecule has 0 spiro atoms. The minimum atomic E-state index is -0.944. The topological polar surface area (TPSA) is 69.6 Å². The quantitative estimate of drug-likeness (QED) is 0.890. The lowest BCUT2D eigenvalue weighted by Gasteiger charge is -2.22. The molecule has 2 aromatic rings. The van der Waals surface area contributed by atoms with Crippen LogP contribution in [0.3, 0.4) is 0 Å². The average Bonchev–Trinajstić information content (AvgIpc) is 2.97. The third kappa shape index (κ3) is 2.54. The smallest absolute Gasteiger partial charge is 0.326 e. The van der Waals surface area contributed by atoms with E-state index in [0.717, 1.165) is 17.2 Å². The second-order valence-electron chi connectivity index (χ2n) is 5.15.